The molecule has 1 aromatic heterocycles. The minimum Gasteiger partial charge on any atom is -0.493 e. The second-order valence-corrected chi connectivity index (χ2v) is 8.18. The van der Waals surface area contributed by atoms with Crippen molar-refractivity contribution < 1.29 is 14.3 Å². The molecule has 0 saturated carbocycles. The molecule has 0 fully saturated rings. The van der Waals surface area contributed by atoms with E-state index in [1.54, 1.807) is 32.4 Å². The monoisotopic (exact) mass is 480 g/mol. The lowest BCUT2D eigenvalue weighted by Gasteiger charge is -2.11. The van der Waals surface area contributed by atoms with Gasteiger partial charge in [-0.05, 0) is 36.8 Å². The van der Waals surface area contributed by atoms with Crippen LogP contribution in [-0.2, 0) is 17.8 Å². The number of aromatic nitrogens is 3. The summed E-state index contributed by atoms with van der Waals surface area (Å²) in [4.78, 5) is 12.4. The molecule has 1 amide bonds. The number of rotatable bonds is 9. The lowest BCUT2D eigenvalue weighted by molar-refractivity contribution is -0.113. The van der Waals surface area contributed by atoms with E-state index in [0.717, 1.165) is 11.4 Å². The van der Waals surface area contributed by atoms with Crippen molar-refractivity contribution in [1.82, 2.24) is 14.8 Å². The Hall–Kier alpha value is -2.42. The Morgan fingerprint density at radius 1 is 1.13 bits per heavy atom. The molecule has 0 saturated heterocycles. The van der Waals surface area contributed by atoms with Gasteiger partial charge in [-0.2, -0.15) is 0 Å². The van der Waals surface area contributed by atoms with Crippen LogP contribution in [0.2, 0.25) is 10.0 Å². The maximum atomic E-state index is 12.4. The molecule has 10 heteroatoms. The number of methoxy groups -OCH3 is 2. The summed E-state index contributed by atoms with van der Waals surface area (Å²) in [6, 6.07) is 10.8. The molecule has 3 rings (SSSR count). The van der Waals surface area contributed by atoms with Crippen LogP contribution >= 0.6 is 35.0 Å². The molecular weight excluding hydrogens is 459 g/mol. The van der Waals surface area contributed by atoms with Crippen molar-refractivity contribution in [1.29, 1.82) is 0 Å². The van der Waals surface area contributed by atoms with E-state index in [1.165, 1.54) is 11.8 Å². The number of hydrogen-bond donors (Lipinski definition) is 1. The molecule has 2 aromatic carbocycles. The van der Waals surface area contributed by atoms with Crippen LogP contribution in [0.1, 0.15) is 18.3 Å². The summed E-state index contributed by atoms with van der Waals surface area (Å²) in [5.74, 6) is 2.09. The van der Waals surface area contributed by atoms with E-state index in [0.29, 0.717) is 45.4 Å². The second-order valence-electron chi connectivity index (χ2n) is 6.45. The fourth-order valence-electron chi connectivity index (χ4n) is 2.96. The summed E-state index contributed by atoms with van der Waals surface area (Å²) in [6.07, 6.45) is 0.575. The van der Waals surface area contributed by atoms with Crippen molar-refractivity contribution >= 4 is 46.6 Å². The van der Waals surface area contributed by atoms with Crippen LogP contribution in [0.15, 0.2) is 41.6 Å². The minimum absolute atomic E-state index is 0.164. The number of thioether (sulfide) groups is 1. The fourth-order valence-corrected chi connectivity index (χ4v) is 4.13. The summed E-state index contributed by atoms with van der Waals surface area (Å²) >= 11 is 13.4. The van der Waals surface area contributed by atoms with Crippen molar-refractivity contribution in [3.8, 4) is 11.5 Å². The Morgan fingerprint density at radius 2 is 1.90 bits per heavy atom. The Bertz CT molecular complexity index is 1070. The van der Waals surface area contributed by atoms with Crippen LogP contribution in [0.25, 0.3) is 0 Å². The molecule has 31 heavy (non-hydrogen) atoms. The maximum absolute atomic E-state index is 12.4. The molecule has 3 aromatic rings. The summed E-state index contributed by atoms with van der Waals surface area (Å²) in [5, 5.41) is 12.7. The Balaban J connectivity index is 1.67. The van der Waals surface area contributed by atoms with Crippen molar-refractivity contribution in [3.05, 3.63) is 57.8 Å². The van der Waals surface area contributed by atoms with Gasteiger partial charge in [-0.25, -0.2) is 0 Å². The van der Waals surface area contributed by atoms with Crippen LogP contribution in [0, 0.1) is 0 Å². The zero-order valence-corrected chi connectivity index (χ0v) is 19.6. The van der Waals surface area contributed by atoms with Gasteiger partial charge in [0.25, 0.3) is 0 Å². The van der Waals surface area contributed by atoms with Crippen LogP contribution in [0.4, 0.5) is 5.69 Å². The number of carbonyl (C=O) groups is 1. The Labute approximate surface area is 195 Å². The number of halogens is 2. The van der Waals surface area contributed by atoms with E-state index >= 15 is 0 Å². The molecule has 0 radical (unpaired) electrons. The summed E-state index contributed by atoms with van der Waals surface area (Å²) in [5.41, 5.74) is 1.50. The molecule has 0 spiro atoms. The van der Waals surface area contributed by atoms with Gasteiger partial charge in [0, 0.05) is 13.0 Å². The highest BCUT2D eigenvalue weighted by Crippen LogP contribution is 2.30. The van der Waals surface area contributed by atoms with Crippen molar-refractivity contribution in [2.75, 3.05) is 25.3 Å². The number of anilines is 1. The molecule has 1 heterocycles. The molecular formula is C21H22Cl2N4O3S. The first-order valence-electron chi connectivity index (χ1n) is 9.46. The molecule has 0 aliphatic rings. The molecule has 0 atom stereocenters. The van der Waals surface area contributed by atoms with E-state index < -0.39 is 0 Å². The second kappa shape index (κ2) is 10.7. The van der Waals surface area contributed by atoms with Crippen LogP contribution in [-0.4, -0.2) is 40.6 Å². The summed E-state index contributed by atoms with van der Waals surface area (Å²) in [7, 11) is 3.21. The molecule has 0 aliphatic heterocycles. The van der Waals surface area contributed by atoms with Gasteiger partial charge in [-0.15, -0.1) is 10.2 Å². The number of ether oxygens (including phenoxy) is 2. The number of benzene rings is 2. The van der Waals surface area contributed by atoms with Gasteiger partial charge < -0.3 is 19.4 Å². The number of amides is 1. The van der Waals surface area contributed by atoms with Crippen molar-refractivity contribution in [2.24, 2.45) is 0 Å². The van der Waals surface area contributed by atoms with Crippen LogP contribution < -0.4 is 14.8 Å². The average Bonchev–Trinajstić information content (AvgIpc) is 3.16. The third kappa shape index (κ3) is 5.64. The fraction of sp³-hybridized carbons (Fsp3) is 0.286. The molecule has 164 valence electrons. The number of nitrogens with one attached hydrogen (secondary N) is 1. The summed E-state index contributed by atoms with van der Waals surface area (Å²) < 4.78 is 12.6. The molecule has 0 aliphatic carbocycles. The van der Waals surface area contributed by atoms with Gasteiger partial charge >= 0.3 is 0 Å². The first kappa shape index (κ1) is 23.2. The predicted molar refractivity (Wildman–Crippen MR) is 124 cm³/mol. The topological polar surface area (TPSA) is 78.3 Å². The van der Waals surface area contributed by atoms with E-state index in [1.807, 2.05) is 29.7 Å². The van der Waals surface area contributed by atoms with Gasteiger partial charge in [-0.3, -0.25) is 4.79 Å². The molecule has 1 N–H and O–H groups in total. The van der Waals surface area contributed by atoms with E-state index in [9.17, 15) is 4.79 Å². The predicted octanol–water partition coefficient (Wildman–Crippen LogP) is 4.94. The van der Waals surface area contributed by atoms with Gasteiger partial charge in [0.15, 0.2) is 16.7 Å². The first-order valence-corrected chi connectivity index (χ1v) is 11.2. The third-order valence-corrected chi connectivity index (χ3v) is 6.26. The quantitative estimate of drug-likeness (QED) is 0.436. The Kier molecular flexibility index (Phi) is 8.06. The maximum Gasteiger partial charge on any atom is 0.234 e. The average molecular weight is 481 g/mol. The lowest BCUT2D eigenvalue weighted by atomic mass is 10.1. The normalized spacial score (nSPS) is 10.7. The summed E-state index contributed by atoms with van der Waals surface area (Å²) in [6.45, 7) is 2.69. The number of hydrogen-bond acceptors (Lipinski definition) is 6. The van der Waals surface area contributed by atoms with Crippen molar-refractivity contribution in [2.45, 2.75) is 25.0 Å². The molecule has 0 bridgehead atoms. The molecule has 7 nitrogen and oxygen atoms in total. The highest BCUT2D eigenvalue weighted by atomic mass is 35.5. The van der Waals surface area contributed by atoms with Gasteiger partial charge in [0.2, 0.25) is 5.91 Å². The van der Waals surface area contributed by atoms with Gasteiger partial charge in [0.05, 0.1) is 35.7 Å². The van der Waals surface area contributed by atoms with E-state index in [2.05, 4.69) is 15.5 Å². The third-order valence-electron chi connectivity index (χ3n) is 4.48. The highest BCUT2D eigenvalue weighted by molar-refractivity contribution is 7.99. The largest absolute Gasteiger partial charge is 0.493 e. The first-order chi connectivity index (χ1) is 15.0. The van der Waals surface area contributed by atoms with Crippen LogP contribution in [0.3, 0.4) is 0 Å². The number of nitrogens with zero attached hydrogens (tertiary/aromatic N) is 3. The van der Waals surface area contributed by atoms with E-state index in [-0.39, 0.29) is 11.7 Å². The Morgan fingerprint density at radius 3 is 2.61 bits per heavy atom. The van der Waals surface area contributed by atoms with Gasteiger partial charge in [-0.1, -0.05) is 47.1 Å². The van der Waals surface area contributed by atoms with Crippen LogP contribution in [0.5, 0.6) is 11.5 Å². The zero-order chi connectivity index (χ0) is 22.4. The zero-order valence-electron chi connectivity index (χ0n) is 17.3. The highest BCUT2D eigenvalue weighted by Gasteiger charge is 2.15. The molecule has 0 unspecified atom stereocenters. The smallest absolute Gasteiger partial charge is 0.234 e. The van der Waals surface area contributed by atoms with Gasteiger partial charge in [0.1, 0.15) is 5.82 Å². The SMILES string of the molecule is CCn1c(Cc2ccc(OC)c(OC)c2)nnc1SCC(=O)Nc1cccc(Cl)c1Cl. The standard InChI is InChI=1S/C21H22Cl2N4O3S/c1-4-27-18(11-13-8-9-16(29-2)17(10-13)30-3)25-26-21(27)31-12-19(28)24-15-7-5-6-14(22)20(15)23/h5-10H,4,11-12H2,1-3H3,(H,24,28). The van der Waals surface area contributed by atoms with Crippen molar-refractivity contribution in [3.63, 3.8) is 0 Å². The minimum atomic E-state index is -0.207. The lowest BCUT2D eigenvalue weighted by Crippen LogP contribution is -2.15. The van der Waals surface area contributed by atoms with E-state index in [4.69, 9.17) is 32.7 Å². The number of carbonyl (C=O) groups excluding carboxylic acids is 1.